The van der Waals surface area contributed by atoms with Crippen molar-refractivity contribution in [1.82, 2.24) is 5.43 Å². The second-order valence-corrected chi connectivity index (χ2v) is 10.1. The zero-order valence-electron chi connectivity index (χ0n) is 14.2. The van der Waals surface area contributed by atoms with E-state index >= 15 is 0 Å². The number of hydrogen-bond acceptors (Lipinski definition) is 5. The zero-order valence-corrected chi connectivity index (χ0v) is 16.6. The summed E-state index contributed by atoms with van der Waals surface area (Å²) >= 11 is 7.49. The van der Waals surface area contributed by atoms with Gasteiger partial charge in [0.2, 0.25) is 5.91 Å². The topological polar surface area (TPSA) is 75.6 Å². The van der Waals surface area contributed by atoms with Gasteiger partial charge in [-0.3, -0.25) is 4.79 Å². The van der Waals surface area contributed by atoms with Gasteiger partial charge in [0.05, 0.1) is 22.1 Å². The highest BCUT2D eigenvalue weighted by Crippen LogP contribution is 2.29. The van der Waals surface area contributed by atoms with E-state index in [1.54, 1.807) is 11.3 Å². The number of amides is 1. The van der Waals surface area contributed by atoms with Gasteiger partial charge in [-0.15, -0.1) is 11.3 Å². The molecule has 138 valence electrons. The molecule has 1 atom stereocenters. The number of carbonyl (C=O) groups is 1. The summed E-state index contributed by atoms with van der Waals surface area (Å²) in [6, 6.07) is 11.6. The Hall–Kier alpha value is -1.70. The van der Waals surface area contributed by atoms with E-state index in [0.29, 0.717) is 17.2 Å². The molecule has 1 saturated heterocycles. The molecule has 1 aliphatic rings. The summed E-state index contributed by atoms with van der Waals surface area (Å²) in [5.74, 6) is -0.0799. The smallest absolute Gasteiger partial charge is 0.240 e. The Labute approximate surface area is 162 Å². The molecular weight excluding hydrogens is 392 g/mol. The van der Waals surface area contributed by atoms with E-state index in [4.69, 9.17) is 11.6 Å². The SMILES string of the molecule is C/C(=N/NC(=O)C[C@H]1CCS(=O)(=O)C1)c1ccc(-c2ccc(Cl)cc2)s1. The van der Waals surface area contributed by atoms with Gasteiger partial charge in [-0.05, 0) is 49.1 Å². The van der Waals surface area contributed by atoms with Crippen LogP contribution in [0.2, 0.25) is 5.02 Å². The van der Waals surface area contributed by atoms with Crippen molar-refractivity contribution in [2.75, 3.05) is 11.5 Å². The number of rotatable bonds is 5. The number of thiophene rings is 1. The molecule has 0 aliphatic carbocycles. The van der Waals surface area contributed by atoms with Crippen LogP contribution in [0.4, 0.5) is 0 Å². The molecule has 1 fully saturated rings. The lowest BCUT2D eigenvalue weighted by Gasteiger charge is -2.06. The number of sulfone groups is 1. The molecule has 2 aromatic rings. The molecule has 5 nitrogen and oxygen atoms in total. The van der Waals surface area contributed by atoms with E-state index in [9.17, 15) is 13.2 Å². The molecule has 0 saturated carbocycles. The van der Waals surface area contributed by atoms with E-state index < -0.39 is 9.84 Å². The number of nitrogens with zero attached hydrogens (tertiary/aromatic N) is 1. The minimum atomic E-state index is -2.96. The van der Waals surface area contributed by atoms with Crippen molar-refractivity contribution in [1.29, 1.82) is 0 Å². The molecule has 1 aromatic carbocycles. The third kappa shape index (κ3) is 4.93. The van der Waals surface area contributed by atoms with Crippen LogP contribution in [0, 0.1) is 5.92 Å². The van der Waals surface area contributed by atoms with Crippen LogP contribution in [0.15, 0.2) is 41.5 Å². The third-order valence-electron chi connectivity index (χ3n) is 4.24. The minimum Gasteiger partial charge on any atom is -0.273 e. The normalized spacial score (nSPS) is 19.5. The van der Waals surface area contributed by atoms with Gasteiger partial charge in [0.15, 0.2) is 9.84 Å². The molecule has 0 unspecified atom stereocenters. The molecule has 0 spiro atoms. The number of carbonyl (C=O) groups excluding carboxylic acids is 1. The average molecular weight is 411 g/mol. The second kappa shape index (κ2) is 7.90. The van der Waals surface area contributed by atoms with Gasteiger partial charge < -0.3 is 0 Å². The monoisotopic (exact) mass is 410 g/mol. The Morgan fingerprint density at radius 1 is 1.27 bits per heavy atom. The molecule has 3 rings (SSSR count). The van der Waals surface area contributed by atoms with Gasteiger partial charge in [-0.2, -0.15) is 5.10 Å². The summed E-state index contributed by atoms with van der Waals surface area (Å²) in [4.78, 5) is 14.0. The predicted molar refractivity (Wildman–Crippen MR) is 106 cm³/mol. The fourth-order valence-electron chi connectivity index (χ4n) is 2.84. The zero-order chi connectivity index (χ0) is 18.7. The first-order valence-corrected chi connectivity index (χ1v) is 11.2. The molecule has 2 heterocycles. The average Bonchev–Trinajstić information content (AvgIpc) is 3.20. The van der Waals surface area contributed by atoms with E-state index in [1.165, 1.54) is 0 Å². The summed E-state index contributed by atoms with van der Waals surface area (Å²) in [7, 11) is -2.96. The number of nitrogens with one attached hydrogen (secondary N) is 1. The molecule has 0 bridgehead atoms. The lowest BCUT2D eigenvalue weighted by molar-refractivity contribution is -0.121. The van der Waals surface area contributed by atoms with Gasteiger partial charge in [0.1, 0.15) is 0 Å². The number of benzene rings is 1. The standard InChI is InChI=1S/C18H19ClN2O3S2/c1-12(20-21-18(22)10-13-8-9-26(23,24)11-13)16-6-7-17(25-16)14-2-4-15(19)5-3-14/h2-7,13H,8-11H2,1H3,(H,21,22)/b20-12-/t13-/m1/s1. The van der Waals surface area contributed by atoms with Crippen LogP contribution >= 0.6 is 22.9 Å². The number of halogens is 1. The van der Waals surface area contributed by atoms with Crippen LogP contribution in [-0.4, -0.2) is 31.5 Å². The number of hydrogen-bond donors (Lipinski definition) is 1. The van der Waals surface area contributed by atoms with E-state index in [2.05, 4.69) is 10.5 Å². The fraction of sp³-hybridized carbons (Fsp3) is 0.333. The third-order valence-corrected chi connectivity index (χ3v) is 7.57. The summed E-state index contributed by atoms with van der Waals surface area (Å²) in [5.41, 5.74) is 4.32. The first-order valence-electron chi connectivity index (χ1n) is 8.22. The van der Waals surface area contributed by atoms with E-state index in [-0.39, 0.29) is 29.8 Å². The quantitative estimate of drug-likeness (QED) is 0.602. The van der Waals surface area contributed by atoms with Crippen LogP contribution in [0.3, 0.4) is 0 Å². The van der Waals surface area contributed by atoms with Crippen LogP contribution in [-0.2, 0) is 14.6 Å². The fourth-order valence-corrected chi connectivity index (χ4v) is 5.79. The molecular formula is C18H19ClN2O3S2. The Morgan fingerprint density at radius 2 is 2.00 bits per heavy atom. The molecule has 8 heteroatoms. The summed E-state index contributed by atoms with van der Waals surface area (Å²) in [5, 5.41) is 4.85. The molecule has 26 heavy (non-hydrogen) atoms. The van der Waals surface area contributed by atoms with Crippen molar-refractivity contribution in [2.24, 2.45) is 11.0 Å². The van der Waals surface area contributed by atoms with Crippen molar-refractivity contribution in [2.45, 2.75) is 19.8 Å². The van der Waals surface area contributed by atoms with E-state index in [0.717, 1.165) is 15.3 Å². The van der Waals surface area contributed by atoms with Gasteiger partial charge in [-0.1, -0.05) is 23.7 Å². The van der Waals surface area contributed by atoms with Gasteiger partial charge >= 0.3 is 0 Å². The van der Waals surface area contributed by atoms with Crippen molar-refractivity contribution in [3.8, 4) is 10.4 Å². The first kappa shape index (κ1) is 19.1. The maximum absolute atomic E-state index is 12.0. The van der Waals surface area contributed by atoms with Crippen LogP contribution < -0.4 is 5.43 Å². The number of hydrazone groups is 1. The highest BCUT2D eigenvalue weighted by atomic mass is 35.5. The molecule has 1 N–H and O–H groups in total. The van der Waals surface area contributed by atoms with Crippen molar-refractivity contribution >= 4 is 44.4 Å². The highest BCUT2D eigenvalue weighted by molar-refractivity contribution is 7.91. The Morgan fingerprint density at radius 3 is 2.65 bits per heavy atom. The summed E-state index contributed by atoms with van der Waals surface area (Å²) < 4.78 is 22.9. The molecule has 1 amide bonds. The Kier molecular flexibility index (Phi) is 5.79. The van der Waals surface area contributed by atoms with Crippen LogP contribution in [0.5, 0.6) is 0 Å². The lowest BCUT2D eigenvalue weighted by atomic mass is 10.1. The minimum absolute atomic E-state index is 0.0957. The molecule has 1 aliphatic heterocycles. The molecule has 1 aromatic heterocycles. The van der Waals surface area contributed by atoms with Gasteiger partial charge in [0.25, 0.3) is 0 Å². The van der Waals surface area contributed by atoms with Crippen molar-refractivity contribution in [3.05, 3.63) is 46.3 Å². The van der Waals surface area contributed by atoms with E-state index in [1.807, 2.05) is 43.3 Å². The van der Waals surface area contributed by atoms with Gasteiger partial charge in [-0.25, -0.2) is 13.8 Å². The second-order valence-electron chi connectivity index (χ2n) is 6.38. The van der Waals surface area contributed by atoms with Crippen molar-refractivity contribution in [3.63, 3.8) is 0 Å². The van der Waals surface area contributed by atoms with Gasteiger partial charge in [0, 0.05) is 16.3 Å². The summed E-state index contributed by atoms with van der Waals surface area (Å²) in [6.07, 6.45) is 0.740. The first-order chi connectivity index (χ1) is 12.3. The maximum Gasteiger partial charge on any atom is 0.240 e. The largest absolute Gasteiger partial charge is 0.273 e. The molecule has 0 radical (unpaired) electrons. The Bertz CT molecular complexity index is 934. The van der Waals surface area contributed by atoms with Crippen LogP contribution in [0.1, 0.15) is 24.6 Å². The predicted octanol–water partition coefficient (Wildman–Crippen LogP) is 3.73. The lowest BCUT2D eigenvalue weighted by Crippen LogP contribution is -2.22. The highest BCUT2D eigenvalue weighted by Gasteiger charge is 2.29. The Balaban J connectivity index is 1.59. The maximum atomic E-state index is 12.0. The van der Waals surface area contributed by atoms with Crippen LogP contribution in [0.25, 0.3) is 10.4 Å². The van der Waals surface area contributed by atoms with Crippen molar-refractivity contribution < 1.29 is 13.2 Å². The summed E-state index contributed by atoms with van der Waals surface area (Å²) in [6.45, 7) is 1.83.